The Balaban J connectivity index is 2.71. The van der Waals surface area contributed by atoms with E-state index in [0.29, 0.717) is 6.61 Å². The summed E-state index contributed by atoms with van der Waals surface area (Å²) in [6.07, 6.45) is -1.32. The lowest BCUT2D eigenvalue weighted by Gasteiger charge is -2.29. The minimum absolute atomic E-state index is 0.319. The van der Waals surface area contributed by atoms with Crippen molar-refractivity contribution in [2.45, 2.75) is 65.4 Å². The van der Waals surface area contributed by atoms with Gasteiger partial charge in [-0.25, -0.2) is 0 Å². The lowest BCUT2D eigenvalue weighted by atomic mass is 10.2. The number of hydrogen-bond donors (Lipinski definition) is 1. The fourth-order valence-corrected chi connectivity index (χ4v) is 3.96. The van der Waals surface area contributed by atoms with Gasteiger partial charge >= 0.3 is 7.60 Å². The number of aliphatic hydroxyl groups excluding tert-OH is 1. The van der Waals surface area contributed by atoms with Crippen molar-refractivity contribution in [1.82, 2.24) is 0 Å². The summed E-state index contributed by atoms with van der Waals surface area (Å²) in [4.78, 5) is 0. The van der Waals surface area contributed by atoms with Crippen molar-refractivity contribution in [3.63, 3.8) is 0 Å². The van der Waals surface area contributed by atoms with Crippen LogP contribution in [0.15, 0.2) is 30.3 Å². The molecule has 1 rings (SSSR count). The molecule has 1 N–H and O–H groups in total. The van der Waals surface area contributed by atoms with Gasteiger partial charge in [-0.15, -0.1) is 0 Å². The Morgan fingerprint density at radius 2 is 1.50 bits per heavy atom. The molecule has 0 bridgehead atoms. The van der Waals surface area contributed by atoms with Crippen LogP contribution < -0.4 is 0 Å². The third-order valence-electron chi connectivity index (χ3n) is 2.82. The standard InChI is InChI=1S/C16H27O5P/c1-12(2)20-22(18,21-13(3)4)16(17)14(5)19-11-15-9-7-6-8-10-15/h6-10,12-14,16-17H,11H2,1-5H3/t14-,16+/m1/s1. The van der Waals surface area contributed by atoms with Crippen molar-refractivity contribution in [3.05, 3.63) is 35.9 Å². The zero-order valence-corrected chi connectivity index (χ0v) is 14.8. The first-order chi connectivity index (χ1) is 10.2. The average Bonchev–Trinajstić information content (AvgIpc) is 2.43. The molecule has 0 aromatic heterocycles. The highest BCUT2D eigenvalue weighted by Crippen LogP contribution is 2.55. The number of aliphatic hydroxyl groups is 1. The Morgan fingerprint density at radius 1 is 1.00 bits per heavy atom. The smallest absolute Gasteiger partial charge is 0.362 e. The van der Waals surface area contributed by atoms with E-state index in [9.17, 15) is 9.67 Å². The highest BCUT2D eigenvalue weighted by atomic mass is 31.2. The fourth-order valence-electron chi connectivity index (χ4n) is 1.88. The van der Waals surface area contributed by atoms with Gasteiger partial charge in [0, 0.05) is 0 Å². The van der Waals surface area contributed by atoms with Gasteiger partial charge in [0.25, 0.3) is 0 Å². The van der Waals surface area contributed by atoms with Crippen LogP contribution in [0.5, 0.6) is 0 Å². The molecule has 0 saturated heterocycles. The van der Waals surface area contributed by atoms with Crippen molar-refractivity contribution in [3.8, 4) is 0 Å². The molecule has 0 aliphatic heterocycles. The molecule has 1 aromatic carbocycles. The van der Waals surface area contributed by atoms with E-state index in [0.717, 1.165) is 5.56 Å². The van der Waals surface area contributed by atoms with Crippen LogP contribution in [0.4, 0.5) is 0 Å². The molecule has 2 atom stereocenters. The zero-order valence-electron chi connectivity index (χ0n) is 13.9. The van der Waals surface area contributed by atoms with E-state index in [1.165, 1.54) is 0 Å². The van der Waals surface area contributed by atoms with Crippen molar-refractivity contribution in [2.75, 3.05) is 0 Å². The Morgan fingerprint density at radius 3 is 1.95 bits per heavy atom. The largest absolute Gasteiger partial charge is 0.378 e. The molecule has 0 radical (unpaired) electrons. The molecule has 0 fully saturated rings. The number of hydrogen-bond acceptors (Lipinski definition) is 5. The minimum atomic E-state index is -3.67. The summed E-state index contributed by atoms with van der Waals surface area (Å²) in [5, 5.41) is 10.4. The number of benzene rings is 1. The minimum Gasteiger partial charge on any atom is -0.378 e. The van der Waals surface area contributed by atoms with Gasteiger partial charge in [0.15, 0.2) is 5.85 Å². The maximum absolute atomic E-state index is 12.8. The monoisotopic (exact) mass is 330 g/mol. The van der Waals surface area contributed by atoms with Gasteiger partial charge in [-0.05, 0) is 40.2 Å². The molecule has 0 unspecified atom stereocenters. The maximum atomic E-state index is 12.8. The molecule has 0 amide bonds. The van der Waals surface area contributed by atoms with Crippen molar-refractivity contribution in [2.24, 2.45) is 0 Å². The van der Waals surface area contributed by atoms with E-state index in [1.807, 2.05) is 30.3 Å². The summed E-state index contributed by atoms with van der Waals surface area (Å²) >= 11 is 0. The second-order valence-electron chi connectivity index (χ2n) is 5.76. The van der Waals surface area contributed by atoms with Crippen LogP contribution in [0, 0.1) is 0 Å². The van der Waals surface area contributed by atoms with Crippen molar-refractivity contribution >= 4 is 7.60 Å². The summed E-state index contributed by atoms with van der Waals surface area (Å²) in [5.74, 6) is -1.33. The molecular formula is C16H27O5P. The predicted octanol–water partition coefficient (Wildman–Crippen LogP) is 3.95. The van der Waals surface area contributed by atoms with E-state index in [1.54, 1.807) is 34.6 Å². The molecule has 1 aromatic rings. The highest BCUT2D eigenvalue weighted by molar-refractivity contribution is 7.54. The first-order valence-corrected chi connectivity index (χ1v) is 9.16. The Labute approximate surface area is 133 Å². The molecule has 0 aliphatic rings. The average molecular weight is 330 g/mol. The van der Waals surface area contributed by atoms with E-state index in [2.05, 4.69) is 0 Å². The van der Waals surface area contributed by atoms with Gasteiger partial charge in [-0.3, -0.25) is 4.57 Å². The van der Waals surface area contributed by atoms with Crippen LogP contribution in [0.1, 0.15) is 40.2 Å². The molecule has 0 aliphatic carbocycles. The van der Waals surface area contributed by atoms with Crippen LogP contribution in [-0.4, -0.2) is 29.3 Å². The predicted molar refractivity (Wildman–Crippen MR) is 86.7 cm³/mol. The Bertz CT molecular complexity index is 461. The van der Waals surface area contributed by atoms with E-state index in [-0.39, 0.29) is 12.2 Å². The van der Waals surface area contributed by atoms with Crippen LogP contribution in [-0.2, 0) is 25.0 Å². The van der Waals surface area contributed by atoms with Gasteiger partial charge in [0.1, 0.15) is 0 Å². The molecule has 0 heterocycles. The lowest BCUT2D eigenvalue weighted by Crippen LogP contribution is -2.29. The van der Waals surface area contributed by atoms with Crippen LogP contribution >= 0.6 is 7.60 Å². The molecule has 0 spiro atoms. The fraction of sp³-hybridized carbons (Fsp3) is 0.625. The van der Waals surface area contributed by atoms with Crippen LogP contribution in [0.2, 0.25) is 0 Å². The molecule has 0 saturated carbocycles. The topological polar surface area (TPSA) is 65.0 Å². The van der Waals surface area contributed by atoms with E-state index >= 15 is 0 Å². The van der Waals surface area contributed by atoms with Gasteiger partial charge < -0.3 is 18.9 Å². The third-order valence-corrected chi connectivity index (χ3v) is 5.31. The summed E-state index contributed by atoms with van der Waals surface area (Å²) in [6.45, 7) is 8.98. The van der Waals surface area contributed by atoms with E-state index in [4.69, 9.17) is 13.8 Å². The molecule has 6 heteroatoms. The Kier molecular flexibility index (Phi) is 7.74. The molecular weight excluding hydrogens is 303 g/mol. The summed E-state index contributed by atoms with van der Waals surface area (Å²) in [6, 6.07) is 9.59. The van der Waals surface area contributed by atoms with Crippen LogP contribution in [0.25, 0.3) is 0 Å². The summed E-state index contributed by atoms with van der Waals surface area (Å²) in [5.41, 5.74) is 0.978. The molecule has 5 nitrogen and oxygen atoms in total. The third kappa shape index (κ3) is 6.19. The normalized spacial score (nSPS) is 15.3. The maximum Gasteiger partial charge on any atom is 0.362 e. The van der Waals surface area contributed by atoms with Gasteiger partial charge in [0.05, 0.1) is 24.9 Å². The van der Waals surface area contributed by atoms with Gasteiger partial charge in [0.2, 0.25) is 0 Å². The number of ether oxygens (including phenoxy) is 1. The molecule has 126 valence electrons. The van der Waals surface area contributed by atoms with Crippen LogP contribution in [0.3, 0.4) is 0 Å². The zero-order chi connectivity index (χ0) is 16.8. The summed E-state index contributed by atoms with van der Waals surface area (Å²) < 4.78 is 29.2. The quantitative estimate of drug-likeness (QED) is 0.695. The molecule has 22 heavy (non-hydrogen) atoms. The summed E-state index contributed by atoms with van der Waals surface area (Å²) in [7, 11) is -3.67. The SMILES string of the molecule is CC(C)OP(=O)(OC(C)C)[C@H](O)[C@@H](C)OCc1ccccc1. The first kappa shape index (κ1) is 19.3. The van der Waals surface area contributed by atoms with Crippen molar-refractivity contribution in [1.29, 1.82) is 0 Å². The second kappa shape index (κ2) is 8.80. The first-order valence-electron chi connectivity index (χ1n) is 7.54. The number of rotatable bonds is 9. The second-order valence-corrected chi connectivity index (χ2v) is 7.79. The van der Waals surface area contributed by atoms with Crippen molar-refractivity contribution < 1.29 is 23.5 Å². The van der Waals surface area contributed by atoms with E-state index < -0.39 is 19.5 Å². The van der Waals surface area contributed by atoms with Gasteiger partial charge in [-0.1, -0.05) is 30.3 Å². The lowest BCUT2D eigenvalue weighted by molar-refractivity contribution is -0.0208. The highest BCUT2D eigenvalue weighted by Gasteiger charge is 2.40. The Hall–Kier alpha value is -0.710. The van der Waals surface area contributed by atoms with Gasteiger partial charge in [-0.2, -0.15) is 0 Å².